The first-order valence-electron chi connectivity index (χ1n) is 6.77. The SMILES string of the molecule is CC(C)(C)N(C(=O)O)c1cnn(-c2ccccc2)c1C(F)(F)F. The molecule has 2 aromatic rings. The van der Waals surface area contributed by atoms with Gasteiger partial charge in [0, 0.05) is 5.54 Å². The molecule has 0 spiro atoms. The number of alkyl halides is 3. The molecule has 1 amide bonds. The van der Waals surface area contributed by atoms with E-state index >= 15 is 0 Å². The van der Waals surface area contributed by atoms with Crippen LogP contribution in [-0.4, -0.2) is 26.5 Å². The van der Waals surface area contributed by atoms with Crippen molar-refractivity contribution in [3.05, 3.63) is 42.2 Å². The maximum absolute atomic E-state index is 13.6. The normalized spacial score (nSPS) is 12.3. The Kier molecular flexibility index (Phi) is 4.10. The number of hydrogen-bond acceptors (Lipinski definition) is 2. The minimum Gasteiger partial charge on any atom is -0.465 e. The molecule has 1 heterocycles. The van der Waals surface area contributed by atoms with Crippen LogP contribution in [0.3, 0.4) is 0 Å². The molecule has 23 heavy (non-hydrogen) atoms. The van der Waals surface area contributed by atoms with E-state index in [4.69, 9.17) is 0 Å². The van der Waals surface area contributed by atoms with E-state index in [0.29, 0.717) is 9.58 Å². The van der Waals surface area contributed by atoms with Crippen molar-refractivity contribution in [1.29, 1.82) is 0 Å². The fraction of sp³-hybridized carbons (Fsp3) is 0.333. The maximum Gasteiger partial charge on any atom is 0.435 e. The van der Waals surface area contributed by atoms with E-state index in [-0.39, 0.29) is 5.69 Å². The summed E-state index contributed by atoms with van der Waals surface area (Å²) in [5.41, 5.74) is -2.48. The number of rotatable bonds is 2. The molecule has 0 radical (unpaired) electrons. The quantitative estimate of drug-likeness (QED) is 0.900. The molecule has 5 nitrogen and oxygen atoms in total. The summed E-state index contributed by atoms with van der Waals surface area (Å²) in [5, 5.41) is 13.1. The number of halogens is 3. The lowest BCUT2D eigenvalue weighted by molar-refractivity contribution is -0.142. The van der Waals surface area contributed by atoms with Crippen LogP contribution >= 0.6 is 0 Å². The predicted octanol–water partition coefficient (Wildman–Crippen LogP) is 4.17. The molecule has 0 fully saturated rings. The van der Waals surface area contributed by atoms with Crippen LogP contribution in [0.15, 0.2) is 36.5 Å². The van der Waals surface area contributed by atoms with Crippen molar-refractivity contribution in [2.24, 2.45) is 0 Å². The topological polar surface area (TPSA) is 58.4 Å². The molecule has 0 aliphatic heterocycles. The second kappa shape index (κ2) is 5.60. The van der Waals surface area contributed by atoms with Gasteiger partial charge < -0.3 is 5.11 Å². The highest BCUT2D eigenvalue weighted by Crippen LogP contribution is 2.40. The highest BCUT2D eigenvalue weighted by Gasteiger charge is 2.43. The summed E-state index contributed by atoms with van der Waals surface area (Å²) in [6.07, 6.45) is -5.31. The highest BCUT2D eigenvalue weighted by molar-refractivity contribution is 5.88. The van der Waals surface area contributed by atoms with Crippen LogP contribution in [0.25, 0.3) is 5.69 Å². The number of carbonyl (C=O) groups is 1. The number of amides is 1. The van der Waals surface area contributed by atoms with Crippen LogP contribution < -0.4 is 4.90 Å². The summed E-state index contributed by atoms with van der Waals surface area (Å²) in [6.45, 7) is 4.55. The van der Waals surface area contributed by atoms with Gasteiger partial charge in [0.1, 0.15) is 0 Å². The van der Waals surface area contributed by atoms with Gasteiger partial charge in [-0.3, -0.25) is 4.90 Å². The van der Waals surface area contributed by atoms with Crippen molar-refractivity contribution in [3.63, 3.8) is 0 Å². The third-order valence-electron chi connectivity index (χ3n) is 3.12. The van der Waals surface area contributed by atoms with Gasteiger partial charge >= 0.3 is 12.3 Å². The minimum atomic E-state index is -4.76. The van der Waals surface area contributed by atoms with Gasteiger partial charge in [-0.15, -0.1) is 0 Å². The average Bonchev–Trinajstić information content (AvgIpc) is 2.81. The van der Waals surface area contributed by atoms with Gasteiger partial charge in [-0.2, -0.15) is 18.3 Å². The van der Waals surface area contributed by atoms with Gasteiger partial charge in [0.25, 0.3) is 0 Å². The van der Waals surface area contributed by atoms with Gasteiger partial charge in [0.05, 0.1) is 17.6 Å². The Morgan fingerprint density at radius 3 is 2.17 bits per heavy atom. The Balaban J connectivity index is 2.72. The van der Waals surface area contributed by atoms with Crippen molar-refractivity contribution >= 4 is 11.8 Å². The van der Waals surface area contributed by atoms with Crippen molar-refractivity contribution in [3.8, 4) is 5.69 Å². The van der Waals surface area contributed by atoms with E-state index in [1.54, 1.807) is 18.2 Å². The van der Waals surface area contributed by atoms with Crippen molar-refractivity contribution in [1.82, 2.24) is 9.78 Å². The van der Waals surface area contributed by atoms with Crippen molar-refractivity contribution in [2.45, 2.75) is 32.5 Å². The summed E-state index contributed by atoms with van der Waals surface area (Å²) >= 11 is 0. The fourth-order valence-corrected chi connectivity index (χ4v) is 2.29. The van der Waals surface area contributed by atoms with E-state index in [0.717, 1.165) is 6.20 Å². The monoisotopic (exact) mass is 327 g/mol. The lowest BCUT2D eigenvalue weighted by atomic mass is 10.1. The molecule has 124 valence electrons. The van der Waals surface area contributed by atoms with Crippen LogP contribution in [0.5, 0.6) is 0 Å². The first kappa shape index (κ1) is 16.9. The summed E-state index contributed by atoms with van der Waals surface area (Å²) in [6, 6.07) is 7.76. The van der Waals surface area contributed by atoms with Gasteiger partial charge in [0.2, 0.25) is 0 Å². The van der Waals surface area contributed by atoms with E-state index < -0.39 is 29.2 Å². The van der Waals surface area contributed by atoms with Crippen LogP contribution in [0, 0.1) is 0 Å². The number of hydrogen-bond donors (Lipinski definition) is 1. The van der Waals surface area contributed by atoms with Gasteiger partial charge in [-0.05, 0) is 32.9 Å². The molecule has 0 saturated heterocycles. The molecule has 0 saturated carbocycles. The third kappa shape index (κ3) is 3.30. The molecular formula is C15H16F3N3O2. The lowest BCUT2D eigenvalue weighted by Gasteiger charge is -2.33. The first-order valence-corrected chi connectivity index (χ1v) is 6.77. The molecule has 0 bridgehead atoms. The average molecular weight is 327 g/mol. The fourth-order valence-electron chi connectivity index (χ4n) is 2.29. The largest absolute Gasteiger partial charge is 0.465 e. The zero-order valence-corrected chi connectivity index (χ0v) is 12.8. The third-order valence-corrected chi connectivity index (χ3v) is 3.12. The number of para-hydroxylation sites is 1. The summed E-state index contributed by atoms with van der Waals surface area (Å²) < 4.78 is 41.4. The summed E-state index contributed by atoms with van der Waals surface area (Å²) in [5.74, 6) is 0. The molecule has 2 rings (SSSR count). The maximum atomic E-state index is 13.6. The van der Waals surface area contributed by atoms with Crippen LogP contribution in [-0.2, 0) is 6.18 Å². The highest BCUT2D eigenvalue weighted by atomic mass is 19.4. The van der Waals surface area contributed by atoms with Gasteiger partial charge in [-0.1, -0.05) is 18.2 Å². The van der Waals surface area contributed by atoms with E-state index in [1.165, 1.54) is 32.9 Å². The zero-order chi connectivity index (χ0) is 17.4. The van der Waals surface area contributed by atoms with Crippen LogP contribution in [0.2, 0.25) is 0 Å². The number of carboxylic acid groups (broad SMARTS) is 1. The molecule has 0 atom stereocenters. The number of benzene rings is 1. The van der Waals surface area contributed by atoms with Gasteiger partial charge in [-0.25, -0.2) is 9.48 Å². The smallest absolute Gasteiger partial charge is 0.435 e. The Bertz CT molecular complexity index is 703. The number of anilines is 1. The number of aromatic nitrogens is 2. The molecule has 0 aliphatic rings. The molecule has 1 aromatic heterocycles. The second-order valence-corrected chi connectivity index (χ2v) is 5.91. The molecule has 0 unspecified atom stereocenters. The molecule has 1 N–H and O–H groups in total. The molecule has 1 aromatic carbocycles. The predicted molar refractivity (Wildman–Crippen MR) is 78.8 cm³/mol. The zero-order valence-electron chi connectivity index (χ0n) is 12.8. The molecule has 8 heteroatoms. The van der Waals surface area contributed by atoms with Crippen molar-refractivity contribution in [2.75, 3.05) is 4.90 Å². The first-order chi connectivity index (χ1) is 10.5. The van der Waals surface area contributed by atoms with Crippen molar-refractivity contribution < 1.29 is 23.1 Å². The van der Waals surface area contributed by atoms with Gasteiger partial charge in [0.15, 0.2) is 5.69 Å². The number of nitrogens with zero attached hydrogens (tertiary/aromatic N) is 3. The van der Waals surface area contributed by atoms with E-state index in [9.17, 15) is 23.1 Å². The lowest BCUT2D eigenvalue weighted by Crippen LogP contribution is -2.46. The Morgan fingerprint density at radius 2 is 1.74 bits per heavy atom. The second-order valence-electron chi connectivity index (χ2n) is 5.91. The molecular weight excluding hydrogens is 311 g/mol. The Morgan fingerprint density at radius 1 is 1.17 bits per heavy atom. The summed E-state index contributed by atoms with van der Waals surface area (Å²) in [7, 11) is 0. The standard InChI is InChI=1S/C15H16F3N3O2/c1-14(2,3)20(13(22)23)11-9-19-21(12(11)15(16,17)18)10-7-5-4-6-8-10/h4-9H,1-3H3,(H,22,23). The minimum absolute atomic E-state index is 0.199. The van der Waals surface area contributed by atoms with Crippen LogP contribution in [0.1, 0.15) is 26.5 Å². The van der Waals surface area contributed by atoms with Crippen LogP contribution in [0.4, 0.5) is 23.7 Å². The van der Waals surface area contributed by atoms with E-state index in [1.807, 2.05) is 0 Å². The van der Waals surface area contributed by atoms with E-state index in [2.05, 4.69) is 5.10 Å². The summed E-state index contributed by atoms with van der Waals surface area (Å²) in [4.78, 5) is 12.2. The Hall–Kier alpha value is -2.51. The Labute approximate surface area is 130 Å². The molecule has 0 aliphatic carbocycles.